The molecule has 1 nitrogen and oxygen atoms in total. The molecule has 0 amide bonds. The Balaban J connectivity index is 0.00000162. The van der Waals surface area contributed by atoms with Crippen molar-refractivity contribution >= 4 is 0 Å². The quantitative estimate of drug-likeness (QED) is 0.821. The zero-order chi connectivity index (χ0) is 11.9. The molecule has 0 unspecified atom stereocenters. The Labute approximate surface area is 105 Å². The fourth-order valence-electron chi connectivity index (χ4n) is 2.19. The van der Waals surface area contributed by atoms with E-state index in [1.807, 2.05) is 7.05 Å². The Kier molecular flexibility index (Phi) is 4.34. The molecule has 0 radical (unpaired) electrons. The van der Waals surface area contributed by atoms with E-state index in [1.54, 1.807) is 0 Å². The van der Waals surface area contributed by atoms with E-state index in [4.69, 9.17) is 0 Å². The molecule has 0 saturated heterocycles. The van der Waals surface area contributed by atoms with Gasteiger partial charge in [0.15, 0.2) is 0 Å². The summed E-state index contributed by atoms with van der Waals surface area (Å²) in [5.41, 5.74) is 2.79. The van der Waals surface area contributed by atoms with Gasteiger partial charge >= 0.3 is 0 Å². The van der Waals surface area contributed by atoms with Crippen molar-refractivity contribution in [2.45, 2.75) is 12.3 Å². The molecule has 17 heavy (non-hydrogen) atoms. The van der Waals surface area contributed by atoms with E-state index < -0.39 is 0 Å². The molecule has 0 fully saturated rings. The molecule has 0 saturated carbocycles. The van der Waals surface area contributed by atoms with E-state index in [0.717, 1.165) is 13.0 Å². The Hall–Kier alpha value is -1.60. The summed E-state index contributed by atoms with van der Waals surface area (Å²) in [5.74, 6) is 0.491. The monoisotopic (exact) mass is 227 g/mol. The van der Waals surface area contributed by atoms with E-state index in [1.165, 1.54) is 11.1 Å². The molecule has 0 bridgehead atoms. The minimum Gasteiger partial charge on any atom is -0.320 e. The van der Waals surface area contributed by atoms with E-state index in [0.29, 0.717) is 5.92 Å². The van der Waals surface area contributed by atoms with Crippen molar-refractivity contribution in [1.29, 1.82) is 0 Å². The highest BCUT2D eigenvalue weighted by Crippen LogP contribution is 2.27. The lowest BCUT2D eigenvalue weighted by atomic mass is 9.88. The highest BCUT2D eigenvalue weighted by molar-refractivity contribution is 5.32. The third-order valence-electron chi connectivity index (χ3n) is 3.09. The lowest BCUT2D eigenvalue weighted by molar-refractivity contribution is 0.662. The molecule has 0 spiro atoms. The summed E-state index contributed by atoms with van der Waals surface area (Å²) in [6.07, 6.45) is 1.13. The van der Waals surface area contributed by atoms with E-state index in [-0.39, 0.29) is 1.43 Å². The van der Waals surface area contributed by atoms with Crippen molar-refractivity contribution in [3.63, 3.8) is 0 Å². The van der Waals surface area contributed by atoms with Gasteiger partial charge < -0.3 is 5.32 Å². The molecule has 0 aliphatic rings. The fourth-order valence-corrected chi connectivity index (χ4v) is 2.19. The van der Waals surface area contributed by atoms with Gasteiger partial charge in [-0.1, -0.05) is 60.7 Å². The molecule has 2 rings (SSSR count). The summed E-state index contributed by atoms with van der Waals surface area (Å²) in [4.78, 5) is 0. The molecule has 1 heteroatoms. The predicted molar refractivity (Wildman–Crippen MR) is 75.4 cm³/mol. The van der Waals surface area contributed by atoms with E-state index in [2.05, 4.69) is 66.0 Å². The SMILES string of the molecule is CNCCC(c1ccccc1)c1ccccc1.[HH]. The molecule has 0 aliphatic carbocycles. The van der Waals surface area contributed by atoms with Crippen LogP contribution in [0.1, 0.15) is 24.9 Å². The third kappa shape index (κ3) is 3.18. The number of benzene rings is 2. The van der Waals surface area contributed by atoms with Gasteiger partial charge in [0.25, 0.3) is 0 Å². The molecule has 2 aromatic rings. The van der Waals surface area contributed by atoms with Crippen LogP contribution in [0.25, 0.3) is 0 Å². The topological polar surface area (TPSA) is 12.0 Å². The smallest absolute Gasteiger partial charge is 0.0101 e. The lowest BCUT2D eigenvalue weighted by Crippen LogP contribution is -2.13. The standard InChI is InChI=1S/C16H19N.H2/c1-17-13-12-16(14-8-4-2-5-9-14)15-10-6-3-7-11-15;/h2-11,16-17H,12-13H2,1H3;1H. The van der Waals surface area contributed by atoms with Gasteiger partial charge in [-0.25, -0.2) is 0 Å². The van der Waals surface area contributed by atoms with Gasteiger partial charge in [0.1, 0.15) is 0 Å². The second kappa shape index (κ2) is 6.21. The minimum absolute atomic E-state index is 0. The van der Waals surface area contributed by atoms with Gasteiger partial charge in [0.2, 0.25) is 0 Å². The number of hydrogen-bond donors (Lipinski definition) is 1. The van der Waals surface area contributed by atoms with Crippen molar-refractivity contribution in [3.05, 3.63) is 71.8 Å². The molecule has 0 aliphatic heterocycles. The van der Waals surface area contributed by atoms with Crippen LogP contribution >= 0.6 is 0 Å². The number of rotatable bonds is 5. The van der Waals surface area contributed by atoms with Gasteiger partial charge in [-0.2, -0.15) is 0 Å². The Morgan fingerprint density at radius 2 is 1.35 bits per heavy atom. The van der Waals surface area contributed by atoms with Gasteiger partial charge in [-0.15, -0.1) is 0 Å². The highest BCUT2D eigenvalue weighted by Gasteiger charge is 2.12. The lowest BCUT2D eigenvalue weighted by Gasteiger charge is -2.17. The zero-order valence-corrected chi connectivity index (χ0v) is 10.3. The first kappa shape index (κ1) is 11.9. The highest BCUT2D eigenvalue weighted by atomic mass is 14.8. The summed E-state index contributed by atoms with van der Waals surface area (Å²) in [6, 6.07) is 21.5. The van der Waals surface area contributed by atoms with Gasteiger partial charge in [-0.05, 0) is 31.1 Å². The normalized spacial score (nSPS) is 10.7. The zero-order valence-electron chi connectivity index (χ0n) is 10.3. The summed E-state index contributed by atoms with van der Waals surface area (Å²) in [5, 5.41) is 3.24. The summed E-state index contributed by atoms with van der Waals surface area (Å²) < 4.78 is 0. The van der Waals surface area contributed by atoms with Crippen LogP contribution < -0.4 is 5.32 Å². The first-order valence-electron chi connectivity index (χ1n) is 6.16. The van der Waals surface area contributed by atoms with Crippen molar-refractivity contribution in [1.82, 2.24) is 5.32 Å². The average Bonchev–Trinajstić information content (AvgIpc) is 2.42. The van der Waals surface area contributed by atoms with Crippen LogP contribution in [0.5, 0.6) is 0 Å². The summed E-state index contributed by atoms with van der Waals surface area (Å²) >= 11 is 0. The van der Waals surface area contributed by atoms with Crippen molar-refractivity contribution < 1.29 is 1.43 Å². The average molecular weight is 227 g/mol. The second-order valence-electron chi connectivity index (χ2n) is 4.27. The van der Waals surface area contributed by atoms with Crippen LogP contribution in [-0.4, -0.2) is 13.6 Å². The maximum absolute atomic E-state index is 3.24. The predicted octanol–water partition coefficient (Wildman–Crippen LogP) is 3.67. The Morgan fingerprint density at radius 1 is 0.882 bits per heavy atom. The third-order valence-corrected chi connectivity index (χ3v) is 3.09. The molecule has 0 heterocycles. The van der Waals surface area contributed by atoms with Crippen LogP contribution in [0.4, 0.5) is 0 Å². The number of hydrogen-bond acceptors (Lipinski definition) is 1. The summed E-state index contributed by atoms with van der Waals surface area (Å²) in [6.45, 7) is 1.04. The minimum atomic E-state index is 0. The van der Waals surface area contributed by atoms with Crippen LogP contribution in [0.15, 0.2) is 60.7 Å². The Morgan fingerprint density at radius 3 is 1.76 bits per heavy atom. The molecule has 0 atom stereocenters. The molecular weight excluding hydrogens is 206 g/mol. The Bertz CT molecular complexity index is 388. The maximum atomic E-state index is 3.24. The van der Waals surface area contributed by atoms with Crippen molar-refractivity contribution in [2.75, 3.05) is 13.6 Å². The van der Waals surface area contributed by atoms with E-state index >= 15 is 0 Å². The van der Waals surface area contributed by atoms with Crippen LogP contribution in [-0.2, 0) is 0 Å². The van der Waals surface area contributed by atoms with Crippen molar-refractivity contribution in [3.8, 4) is 0 Å². The van der Waals surface area contributed by atoms with Gasteiger partial charge in [-0.3, -0.25) is 0 Å². The van der Waals surface area contributed by atoms with Crippen LogP contribution in [0.3, 0.4) is 0 Å². The fraction of sp³-hybridized carbons (Fsp3) is 0.250. The van der Waals surface area contributed by atoms with Crippen LogP contribution in [0, 0.1) is 0 Å². The molecule has 90 valence electrons. The van der Waals surface area contributed by atoms with E-state index in [9.17, 15) is 0 Å². The van der Waals surface area contributed by atoms with Crippen molar-refractivity contribution in [2.24, 2.45) is 0 Å². The molecule has 1 N–H and O–H groups in total. The molecular formula is C16H21N. The summed E-state index contributed by atoms with van der Waals surface area (Å²) in [7, 11) is 2.01. The molecule has 0 aromatic heterocycles. The van der Waals surface area contributed by atoms with Gasteiger partial charge in [0, 0.05) is 7.34 Å². The maximum Gasteiger partial charge on any atom is 0.0101 e. The van der Waals surface area contributed by atoms with Gasteiger partial charge in [0.05, 0.1) is 0 Å². The molecule has 2 aromatic carbocycles. The first-order valence-corrected chi connectivity index (χ1v) is 6.16. The largest absolute Gasteiger partial charge is 0.320 e. The second-order valence-corrected chi connectivity index (χ2v) is 4.27. The van der Waals surface area contributed by atoms with Crippen LogP contribution in [0.2, 0.25) is 0 Å². The first-order chi connectivity index (χ1) is 8.42. The number of nitrogens with one attached hydrogen (secondary N) is 1.